The Morgan fingerprint density at radius 1 is 0.972 bits per heavy atom. The number of esters is 1. The molecule has 0 radical (unpaired) electrons. The van der Waals surface area contributed by atoms with Gasteiger partial charge in [-0.2, -0.15) is 0 Å². The quantitative estimate of drug-likeness (QED) is 0.245. The number of methoxy groups -OCH3 is 1. The summed E-state index contributed by atoms with van der Waals surface area (Å²) in [5, 5.41) is 10.3. The van der Waals surface area contributed by atoms with Gasteiger partial charge in [0.25, 0.3) is 0 Å². The Morgan fingerprint density at radius 3 is 2.25 bits per heavy atom. The monoisotopic (exact) mass is 522 g/mol. The van der Waals surface area contributed by atoms with Crippen molar-refractivity contribution in [1.29, 1.82) is 0 Å². The molecule has 6 heteroatoms. The van der Waals surface area contributed by atoms with E-state index in [1.54, 1.807) is 23.9 Å². The lowest BCUT2D eigenvalue weighted by molar-refractivity contribution is -0.146. The van der Waals surface area contributed by atoms with Crippen LogP contribution in [0.5, 0.6) is 5.75 Å². The molecular formula is C30H31ClO4S. The first-order chi connectivity index (χ1) is 17.3. The number of phenols is 1. The van der Waals surface area contributed by atoms with Gasteiger partial charge in [-0.3, -0.25) is 9.59 Å². The van der Waals surface area contributed by atoms with Crippen molar-refractivity contribution in [3.05, 3.63) is 88.4 Å². The third-order valence-corrected chi connectivity index (χ3v) is 8.92. The molecule has 3 aromatic carbocycles. The minimum Gasteiger partial charge on any atom is -0.508 e. The van der Waals surface area contributed by atoms with Crippen molar-refractivity contribution in [2.45, 2.75) is 55.4 Å². The summed E-state index contributed by atoms with van der Waals surface area (Å²) >= 11 is 7.69. The molecule has 0 heterocycles. The van der Waals surface area contributed by atoms with Gasteiger partial charge in [0.1, 0.15) is 11.7 Å². The highest BCUT2D eigenvalue weighted by molar-refractivity contribution is 8.00. The fraction of sp³-hybridized carbons (Fsp3) is 0.333. The number of hydrogen-bond acceptors (Lipinski definition) is 5. The van der Waals surface area contributed by atoms with E-state index in [9.17, 15) is 14.7 Å². The predicted octanol–water partition coefficient (Wildman–Crippen LogP) is 7.48. The van der Waals surface area contributed by atoms with E-state index in [4.69, 9.17) is 16.3 Å². The van der Waals surface area contributed by atoms with Gasteiger partial charge in [0.2, 0.25) is 0 Å². The van der Waals surface area contributed by atoms with Crippen molar-refractivity contribution in [2.24, 2.45) is 0 Å². The van der Waals surface area contributed by atoms with Crippen LogP contribution in [0.4, 0.5) is 0 Å². The van der Waals surface area contributed by atoms with Gasteiger partial charge in [0, 0.05) is 10.8 Å². The van der Waals surface area contributed by atoms with Crippen molar-refractivity contribution in [3.8, 4) is 16.9 Å². The number of carbonyl (C=O) groups is 2. The first-order valence-electron chi connectivity index (χ1n) is 12.2. The second-order valence-corrected chi connectivity index (χ2v) is 11.2. The lowest BCUT2D eigenvalue weighted by atomic mass is 9.77. The molecule has 0 spiro atoms. The molecule has 4 nitrogen and oxygen atoms in total. The number of Topliss-reactive ketones (excluding diaryl/α,β-unsaturated/α-hetero) is 1. The maximum atomic E-state index is 14.4. The molecule has 36 heavy (non-hydrogen) atoms. The first-order valence-corrected chi connectivity index (χ1v) is 13.6. The van der Waals surface area contributed by atoms with Crippen molar-refractivity contribution in [2.75, 3.05) is 7.11 Å². The molecule has 1 aliphatic carbocycles. The van der Waals surface area contributed by atoms with Crippen molar-refractivity contribution in [3.63, 3.8) is 0 Å². The highest BCUT2D eigenvalue weighted by Gasteiger charge is 2.46. The van der Waals surface area contributed by atoms with Crippen LogP contribution < -0.4 is 0 Å². The number of thioether (sulfide) groups is 1. The van der Waals surface area contributed by atoms with E-state index in [1.165, 1.54) is 7.11 Å². The minimum atomic E-state index is -0.993. The van der Waals surface area contributed by atoms with Gasteiger partial charge in [-0.15, -0.1) is 11.8 Å². The van der Waals surface area contributed by atoms with Crippen LogP contribution in [0.15, 0.2) is 66.7 Å². The molecule has 1 fully saturated rings. The molecule has 0 saturated heterocycles. The number of ketones is 1. The Morgan fingerprint density at radius 2 is 1.61 bits per heavy atom. The third-order valence-electron chi connectivity index (χ3n) is 7.03. The molecule has 1 unspecified atom stereocenters. The molecule has 0 bridgehead atoms. The van der Waals surface area contributed by atoms with Crippen molar-refractivity contribution >= 4 is 35.1 Å². The summed E-state index contributed by atoms with van der Waals surface area (Å²) in [6, 6.07) is 20.5. The number of halogens is 1. The zero-order chi connectivity index (χ0) is 25.7. The van der Waals surface area contributed by atoms with Crippen LogP contribution in [0.25, 0.3) is 11.1 Å². The lowest BCUT2D eigenvalue weighted by Gasteiger charge is -2.37. The van der Waals surface area contributed by atoms with Crippen molar-refractivity contribution in [1.82, 2.24) is 0 Å². The smallest absolute Gasteiger partial charge is 0.320 e. The normalized spacial score (nSPS) is 15.8. The van der Waals surface area contributed by atoms with E-state index in [2.05, 4.69) is 0 Å². The van der Waals surface area contributed by atoms with Crippen LogP contribution in [0.3, 0.4) is 0 Å². The van der Waals surface area contributed by atoms with Gasteiger partial charge in [-0.05, 0) is 77.9 Å². The number of hydrogen-bond donors (Lipinski definition) is 1. The van der Waals surface area contributed by atoms with Crippen LogP contribution >= 0.6 is 23.4 Å². The highest BCUT2D eigenvalue weighted by Crippen LogP contribution is 2.46. The molecule has 0 amide bonds. The van der Waals surface area contributed by atoms with E-state index in [0.717, 1.165) is 54.4 Å². The van der Waals surface area contributed by atoms with Crippen LogP contribution in [0, 0.1) is 6.92 Å². The second kappa shape index (κ2) is 11.5. The summed E-state index contributed by atoms with van der Waals surface area (Å²) < 4.78 is 4.53. The summed E-state index contributed by atoms with van der Waals surface area (Å²) in [7, 11) is 1.35. The third kappa shape index (κ3) is 5.79. The van der Waals surface area contributed by atoms with E-state index < -0.39 is 16.6 Å². The Bertz CT molecular complexity index is 1210. The highest BCUT2D eigenvalue weighted by atomic mass is 35.5. The SMILES string of the molecule is COC(=O)C(C(=O)C1(SCc2ccc(O)cc2)CCCCC1)c1cc(-c2ccc(Cl)cc2)ccc1C. The number of carbonyl (C=O) groups excluding carboxylic acids is 2. The number of rotatable bonds is 8. The second-order valence-electron chi connectivity index (χ2n) is 9.41. The maximum absolute atomic E-state index is 14.4. The summed E-state index contributed by atoms with van der Waals surface area (Å²) in [5.74, 6) is -0.744. The Hall–Kier alpha value is -2.76. The first kappa shape index (κ1) is 26.3. The zero-order valence-corrected chi connectivity index (χ0v) is 22.2. The molecule has 1 N–H and O–H groups in total. The zero-order valence-electron chi connectivity index (χ0n) is 20.6. The lowest BCUT2D eigenvalue weighted by Crippen LogP contribution is -2.43. The van der Waals surface area contributed by atoms with Crippen LogP contribution in [-0.4, -0.2) is 28.7 Å². The summed E-state index contributed by atoms with van der Waals surface area (Å²) in [6.07, 6.45) is 4.46. The molecule has 1 aliphatic rings. The van der Waals surface area contributed by atoms with E-state index >= 15 is 0 Å². The number of ether oxygens (including phenoxy) is 1. The van der Waals surface area contributed by atoms with Gasteiger partial charge in [-0.25, -0.2) is 0 Å². The van der Waals surface area contributed by atoms with E-state index in [1.807, 2.05) is 61.5 Å². The fourth-order valence-corrected chi connectivity index (χ4v) is 6.53. The van der Waals surface area contributed by atoms with Crippen molar-refractivity contribution < 1.29 is 19.4 Å². The molecular weight excluding hydrogens is 492 g/mol. The predicted molar refractivity (Wildman–Crippen MR) is 147 cm³/mol. The van der Waals surface area contributed by atoms with E-state index in [0.29, 0.717) is 16.3 Å². The molecule has 1 atom stereocenters. The fourth-order valence-electron chi connectivity index (χ4n) is 4.93. The largest absolute Gasteiger partial charge is 0.508 e. The van der Waals surface area contributed by atoms with Gasteiger partial charge < -0.3 is 9.84 Å². The van der Waals surface area contributed by atoms with Gasteiger partial charge in [0.15, 0.2) is 5.78 Å². The summed E-state index contributed by atoms with van der Waals surface area (Å²) in [4.78, 5) is 27.6. The maximum Gasteiger partial charge on any atom is 0.320 e. The minimum absolute atomic E-state index is 0.0748. The Labute approximate surface area is 222 Å². The average molecular weight is 523 g/mol. The van der Waals surface area contributed by atoms with Gasteiger partial charge in [-0.1, -0.05) is 67.3 Å². The number of aryl methyl sites for hydroxylation is 1. The molecule has 3 aromatic rings. The molecule has 1 saturated carbocycles. The summed E-state index contributed by atoms with van der Waals surface area (Å²) in [6.45, 7) is 1.93. The number of benzene rings is 3. The standard InChI is InChI=1S/C30H31ClO4S/c1-20-6-9-23(22-10-12-24(31)13-11-22)18-26(20)27(29(34)35-2)28(33)30(16-4-3-5-17-30)36-19-21-7-14-25(32)15-8-21/h6-15,18,27,32H,3-5,16-17,19H2,1-2H3. The topological polar surface area (TPSA) is 63.6 Å². The molecule has 4 rings (SSSR count). The molecule has 0 aromatic heterocycles. The van der Waals surface area contributed by atoms with E-state index in [-0.39, 0.29) is 11.5 Å². The average Bonchev–Trinajstić information content (AvgIpc) is 2.90. The van der Waals surface area contributed by atoms with Crippen LogP contribution in [0.1, 0.15) is 54.7 Å². The van der Waals surface area contributed by atoms with Gasteiger partial charge >= 0.3 is 5.97 Å². The Balaban J connectivity index is 1.71. The summed E-state index contributed by atoms with van der Waals surface area (Å²) in [5.41, 5.74) is 4.49. The van der Waals surface area contributed by atoms with Crippen LogP contribution in [0.2, 0.25) is 5.02 Å². The number of aromatic hydroxyl groups is 1. The number of phenolic OH excluding ortho intramolecular Hbond substituents is 1. The molecule has 0 aliphatic heterocycles. The Kier molecular flexibility index (Phi) is 8.43. The molecule has 188 valence electrons. The van der Waals surface area contributed by atoms with Gasteiger partial charge in [0.05, 0.1) is 11.9 Å². The van der Waals surface area contributed by atoms with Crippen LogP contribution in [-0.2, 0) is 20.1 Å².